The van der Waals surface area contributed by atoms with Crippen LogP contribution >= 0.6 is 57.9 Å². The van der Waals surface area contributed by atoms with E-state index in [1.54, 1.807) is 0 Å². The number of halogens is 3. The standard InChI is InChI=1S/C16H16FN5O4S2.2BrH/c17-11-1-3-14(10(5-11)8-28-15(18)19)26-13-4-2-12(22(23)24)6-9(13)7-25-16(27)21-20;;/h1-6H,7-8,20H2,(H3,18,19)(H,21,27);2*1H. The van der Waals surface area contributed by atoms with Gasteiger partial charge in [-0.15, -0.1) is 34.0 Å². The molecule has 0 aromatic heterocycles. The van der Waals surface area contributed by atoms with Crippen molar-refractivity contribution in [3.05, 3.63) is 63.5 Å². The van der Waals surface area contributed by atoms with Crippen LogP contribution in [0.3, 0.4) is 0 Å². The van der Waals surface area contributed by atoms with E-state index in [2.05, 4.69) is 5.43 Å². The first-order valence-electron chi connectivity index (χ1n) is 7.64. The normalized spacial score (nSPS) is 9.53. The largest absolute Gasteiger partial charge is 0.465 e. The third-order valence-electron chi connectivity index (χ3n) is 3.36. The summed E-state index contributed by atoms with van der Waals surface area (Å²) in [6, 6.07) is 7.85. The minimum atomic E-state index is -0.556. The number of hydrogen-bond donors (Lipinski definition) is 4. The molecule has 6 N–H and O–H groups in total. The van der Waals surface area contributed by atoms with E-state index >= 15 is 0 Å². The monoisotopic (exact) mass is 585 g/mol. The molecule has 0 aliphatic heterocycles. The lowest BCUT2D eigenvalue weighted by molar-refractivity contribution is -0.385. The predicted molar refractivity (Wildman–Crippen MR) is 128 cm³/mol. The van der Waals surface area contributed by atoms with E-state index in [1.807, 2.05) is 0 Å². The van der Waals surface area contributed by atoms with Crippen molar-refractivity contribution in [3.8, 4) is 11.5 Å². The molecule has 0 unspecified atom stereocenters. The van der Waals surface area contributed by atoms with Gasteiger partial charge in [-0.1, -0.05) is 11.8 Å². The van der Waals surface area contributed by atoms with Gasteiger partial charge in [0, 0.05) is 29.0 Å². The third-order valence-corrected chi connectivity index (χ3v) is 4.36. The summed E-state index contributed by atoms with van der Waals surface area (Å²) >= 11 is 5.80. The molecule has 14 heteroatoms. The molecule has 0 saturated carbocycles. The van der Waals surface area contributed by atoms with Crippen LogP contribution in [0.4, 0.5) is 10.1 Å². The molecule has 0 fully saturated rings. The summed E-state index contributed by atoms with van der Waals surface area (Å²) in [5.74, 6) is 5.45. The lowest BCUT2D eigenvalue weighted by atomic mass is 10.1. The third kappa shape index (κ3) is 8.39. The van der Waals surface area contributed by atoms with Gasteiger partial charge in [-0.3, -0.25) is 20.9 Å². The highest BCUT2D eigenvalue weighted by atomic mass is 79.9. The number of rotatable bonds is 7. The number of hydrazine groups is 1. The van der Waals surface area contributed by atoms with Crippen molar-refractivity contribution in [2.24, 2.45) is 11.6 Å². The lowest BCUT2D eigenvalue weighted by Crippen LogP contribution is -2.30. The molecule has 0 amide bonds. The van der Waals surface area contributed by atoms with Gasteiger partial charge >= 0.3 is 0 Å². The van der Waals surface area contributed by atoms with Gasteiger partial charge in [0.25, 0.3) is 10.9 Å². The number of thiocarbonyl (C=S) groups is 1. The Morgan fingerprint density at radius 3 is 2.47 bits per heavy atom. The van der Waals surface area contributed by atoms with E-state index in [-0.39, 0.29) is 68.1 Å². The summed E-state index contributed by atoms with van der Waals surface area (Å²) in [5.41, 5.74) is 8.11. The Bertz CT molecular complexity index is 923. The van der Waals surface area contributed by atoms with Crippen LogP contribution in [-0.4, -0.2) is 15.3 Å². The topological polar surface area (TPSA) is 150 Å². The highest BCUT2D eigenvalue weighted by molar-refractivity contribution is 8.93. The molecule has 0 bridgehead atoms. The Morgan fingerprint density at radius 1 is 1.23 bits per heavy atom. The quantitative estimate of drug-likeness (QED) is 0.0939. The number of benzene rings is 2. The fraction of sp³-hybridized carbons (Fsp3) is 0.125. The molecule has 9 nitrogen and oxygen atoms in total. The van der Waals surface area contributed by atoms with Gasteiger partial charge in [-0.05, 0) is 36.5 Å². The molecule has 2 rings (SSSR count). The second-order valence-electron chi connectivity index (χ2n) is 5.28. The SMILES string of the molecule is Br.Br.N=C(N)SCc1cc(F)ccc1Oc1ccc([N+](=O)[O-])cc1COC(=S)NN. The Kier molecular flexibility index (Phi) is 12.4. The van der Waals surface area contributed by atoms with Gasteiger partial charge in [0.15, 0.2) is 5.17 Å². The number of non-ortho nitro benzene ring substituents is 1. The number of nitrogens with zero attached hydrogens (tertiary/aromatic N) is 1. The summed E-state index contributed by atoms with van der Waals surface area (Å²) in [7, 11) is 0. The van der Waals surface area contributed by atoms with E-state index in [9.17, 15) is 14.5 Å². The van der Waals surface area contributed by atoms with Gasteiger partial charge < -0.3 is 15.2 Å². The molecule has 0 saturated heterocycles. The zero-order valence-corrected chi connectivity index (χ0v) is 20.2. The molecule has 30 heavy (non-hydrogen) atoms. The molecule has 0 radical (unpaired) electrons. The van der Waals surface area contributed by atoms with Crippen molar-refractivity contribution in [3.63, 3.8) is 0 Å². The minimum absolute atomic E-state index is 0. The summed E-state index contributed by atoms with van der Waals surface area (Å²) in [4.78, 5) is 10.5. The number of nitrogens with two attached hydrogens (primary N) is 2. The van der Waals surface area contributed by atoms with E-state index in [0.29, 0.717) is 16.9 Å². The summed E-state index contributed by atoms with van der Waals surface area (Å²) in [6.45, 7) is -0.140. The van der Waals surface area contributed by atoms with Crippen LogP contribution < -0.4 is 21.7 Å². The average Bonchev–Trinajstić information content (AvgIpc) is 2.66. The number of hydrogen-bond acceptors (Lipinski definition) is 8. The van der Waals surface area contributed by atoms with Gasteiger partial charge in [0.2, 0.25) is 0 Å². The fourth-order valence-electron chi connectivity index (χ4n) is 2.11. The molecule has 2 aromatic carbocycles. The number of nitro benzene ring substituents is 1. The van der Waals surface area contributed by atoms with Crippen molar-refractivity contribution in [2.75, 3.05) is 0 Å². The second-order valence-corrected chi connectivity index (χ2v) is 6.66. The van der Waals surface area contributed by atoms with Gasteiger partial charge in [0.05, 0.1) is 4.92 Å². The van der Waals surface area contributed by atoms with Gasteiger partial charge in [-0.2, -0.15) is 0 Å². The van der Waals surface area contributed by atoms with E-state index in [1.165, 1.54) is 36.4 Å². The van der Waals surface area contributed by atoms with E-state index in [0.717, 1.165) is 11.8 Å². The van der Waals surface area contributed by atoms with Gasteiger partial charge in [-0.25, -0.2) is 10.2 Å². The van der Waals surface area contributed by atoms with Crippen molar-refractivity contribution in [2.45, 2.75) is 12.4 Å². The number of ether oxygens (including phenoxy) is 2. The average molecular weight is 587 g/mol. The smallest absolute Gasteiger partial charge is 0.271 e. The summed E-state index contributed by atoms with van der Waals surface area (Å²) in [5, 5.41) is 18.1. The van der Waals surface area contributed by atoms with E-state index in [4.69, 9.17) is 38.7 Å². The molecular weight excluding hydrogens is 569 g/mol. The molecule has 2 aromatic rings. The zero-order valence-electron chi connectivity index (χ0n) is 15.1. The molecule has 0 aliphatic carbocycles. The fourth-order valence-corrected chi connectivity index (χ4v) is 2.71. The predicted octanol–water partition coefficient (Wildman–Crippen LogP) is 4.07. The molecule has 0 aliphatic rings. The minimum Gasteiger partial charge on any atom is -0.465 e. The Balaban J connectivity index is 0.00000420. The second kappa shape index (κ2) is 13.3. The maximum atomic E-state index is 13.6. The maximum Gasteiger partial charge on any atom is 0.271 e. The Labute approximate surface area is 201 Å². The molecule has 164 valence electrons. The highest BCUT2D eigenvalue weighted by Gasteiger charge is 2.15. The van der Waals surface area contributed by atoms with Crippen molar-refractivity contribution in [1.29, 1.82) is 5.41 Å². The van der Waals surface area contributed by atoms with Crippen LogP contribution in [0.25, 0.3) is 0 Å². The number of nitro groups is 1. The molecule has 0 heterocycles. The molecular formula is C16H18Br2FN5O4S2. The first-order valence-corrected chi connectivity index (χ1v) is 9.03. The van der Waals surface area contributed by atoms with Crippen LogP contribution in [0, 0.1) is 21.3 Å². The van der Waals surface area contributed by atoms with Crippen LogP contribution in [0.15, 0.2) is 36.4 Å². The lowest BCUT2D eigenvalue weighted by Gasteiger charge is -2.15. The van der Waals surface area contributed by atoms with Gasteiger partial charge in [0.1, 0.15) is 23.9 Å². The van der Waals surface area contributed by atoms with E-state index < -0.39 is 10.7 Å². The van der Waals surface area contributed by atoms with Crippen LogP contribution in [0.5, 0.6) is 11.5 Å². The number of thioether (sulfide) groups is 1. The first kappa shape index (κ1) is 28.0. The van der Waals surface area contributed by atoms with Crippen LogP contribution in [0.2, 0.25) is 0 Å². The van der Waals surface area contributed by atoms with Crippen molar-refractivity contribution in [1.82, 2.24) is 5.43 Å². The zero-order chi connectivity index (χ0) is 20.7. The highest BCUT2D eigenvalue weighted by Crippen LogP contribution is 2.33. The number of amidine groups is 1. The van der Waals surface area contributed by atoms with Crippen molar-refractivity contribution >= 4 is 74.0 Å². The molecule has 0 atom stereocenters. The van der Waals surface area contributed by atoms with Crippen LogP contribution in [-0.2, 0) is 17.1 Å². The Hall–Kier alpha value is -2.00. The van der Waals surface area contributed by atoms with Crippen LogP contribution in [0.1, 0.15) is 11.1 Å². The van der Waals surface area contributed by atoms with Crippen molar-refractivity contribution < 1.29 is 18.8 Å². The Morgan fingerprint density at radius 2 is 1.87 bits per heavy atom. The first-order chi connectivity index (χ1) is 13.3. The maximum absolute atomic E-state index is 13.6. The number of nitrogens with one attached hydrogen (secondary N) is 2. The summed E-state index contributed by atoms with van der Waals surface area (Å²) < 4.78 is 24.6. The molecule has 0 spiro atoms. The summed E-state index contributed by atoms with van der Waals surface area (Å²) in [6.07, 6.45) is 0.